The minimum atomic E-state index is -0.500. The van der Waals surface area contributed by atoms with Gasteiger partial charge in [0.15, 0.2) is 0 Å². The third kappa shape index (κ3) is 4.87. The highest BCUT2D eigenvalue weighted by Gasteiger charge is 2.19. The fourth-order valence-corrected chi connectivity index (χ4v) is 1.41. The van der Waals surface area contributed by atoms with E-state index in [1.807, 2.05) is 51.1 Å². The second kappa shape index (κ2) is 5.68. The van der Waals surface area contributed by atoms with Gasteiger partial charge in [0, 0.05) is 6.54 Å². The van der Waals surface area contributed by atoms with Crippen LogP contribution < -0.4 is 11.1 Å². The number of carbonyl (C=O) groups excluding carboxylic acids is 1. The maximum Gasteiger partial charge on any atom is 0.408 e. The van der Waals surface area contributed by atoms with Gasteiger partial charge < -0.3 is 15.8 Å². The Hall–Kier alpha value is -1.55. The van der Waals surface area contributed by atoms with Crippen molar-refractivity contribution in [1.29, 1.82) is 0 Å². The van der Waals surface area contributed by atoms with Crippen molar-refractivity contribution in [2.75, 3.05) is 6.54 Å². The number of benzene rings is 1. The zero-order valence-corrected chi connectivity index (χ0v) is 10.6. The lowest BCUT2D eigenvalue weighted by atomic mass is 10.1. The molecule has 0 unspecified atom stereocenters. The minimum Gasteiger partial charge on any atom is -0.444 e. The highest BCUT2D eigenvalue weighted by atomic mass is 16.6. The SMILES string of the molecule is CC(C)(C)OC(=O)N[C@H](CN)c1ccccc1. The second-order valence-electron chi connectivity index (χ2n) is 4.85. The summed E-state index contributed by atoms with van der Waals surface area (Å²) in [4.78, 5) is 11.6. The minimum absolute atomic E-state index is 0.217. The van der Waals surface area contributed by atoms with Crippen LogP contribution in [-0.4, -0.2) is 18.2 Å². The molecular weight excluding hydrogens is 216 g/mol. The molecule has 0 aliphatic heterocycles. The van der Waals surface area contributed by atoms with E-state index in [-0.39, 0.29) is 6.04 Å². The van der Waals surface area contributed by atoms with E-state index >= 15 is 0 Å². The zero-order valence-electron chi connectivity index (χ0n) is 10.6. The molecule has 1 amide bonds. The molecule has 0 saturated carbocycles. The molecule has 0 heterocycles. The van der Waals surface area contributed by atoms with Crippen LogP contribution in [0.4, 0.5) is 4.79 Å². The first-order valence-electron chi connectivity index (χ1n) is 5.67. The Morgan fingerprint density at radius 1 is 1.35 bits per heavy atom. The summed E-state index contributed by atoms with van der Waals surface area (Å²) < 4.78 is 5.19. The Morgan fingerprint density at radius 2 is 1.94 bits per heavy atom. The molecule has 1 atom stereocenters. The Morgan fingerprint density at radius 3 is 2.41 bits per heavy atom. The Bertz CT molecular complexity index is 357. The zero-order chi connectivity index (χ0) is 12.9. The Labute approximate surface area is 102 Å². The highest BCUT2D eigenvalue weighted by Crippen LogP contribution is 2.13. The first-order valence-corrected chi connectivity index (χ1v) is 5.67. The number of hydrogen-bond donors (Lipinski definition) is 2. The molecule has 94 valence electrons. The van der Waals surface area contributed by atoms with Gasteiger partial charge in [-0.3, -0.25) is 0 Å². The van der Waals surface area contributed by atoms with E-state index in [1.165, 1.54) is 0 Å². The summed E-state index contributed by atoms with van der Waals surface area (Å²) in [5.74, 6) is 0. The summed E-state index contributed by atoms with van der Waals surface area (Å²) in [5.41, 5.74) is 6.12. The van der Waals surface area contributed by atoms with Crippen LogP contribution in [0, 0.1) is 0 Å². The van der Waals surface area contributed by atoms with Gasteiger partial charge in [-0.05, 0) is 26.3 Å². The van der Waals surface area contributed by atoms with E-state index in [9.17, 15) is 4.79 Å². The van der Waals surface area contributed by atoms with Gasteiger partial charge in [-0.1, -0.05) is 30.3 Å². The topological polar surface area (TPSA) is 64.3 Å². The quantitative estimate of drug-likeness (QED) is 0.845. The number of carbonyl (C=O) groups is 1. The molecule has 0 spiro atoms. The molecule has 0 aliphatic carbocycles. The molecule has 1 aromatic rings. The fourth-order valence-electron chi connectivity index (χ4n) is 1.41. The largest absolute Gasteiger partial charge is 0.444 e. The van der Waals surface area contributed by atoms with Crippen molar-refractivity contribution in [2.45, 2.75) is 32.4 Å². The van der Waals surface area contributed by atoms with Gasteiger partial charge in [0.1, 0.15) is 5.60 Å². The van der Waals surface area contributed by atoms with Crippen LogP contribution in [0.1, 0.15) is 32.4 Å². The van der Waals surface area contributed by atoms with Gasteiger partial charge in [-0.2, -0.15) is 0 Å². The number of nitrogens with one attached hydrogen (secondary N) is 1. The molecule has 0 fully saturated rings. The lowest BCUT2D eigenvalue weighted by molar-refractivity contribution is 0.0505. The smallest absolute Gasteiger partial charge is 0.408 e. The summed E-state index contributed by atoms with van der Waals surface area (Å²) in [6, 6.07) is 9.38. The lowest BCUT2D eigenvalue weighted by Crippen LogP contribution is -2.37. The van der Waals surface area contributed by atoms with Crippen LogP contribution in [-0.2, 0) is 4.74 Å². The molecule has 0 aliphatic rings. The van der Waals surface area contributed by atoms with Crippen LogP contribution in [0.2, 0.25) is 0 Å². The maximum absolute atomic E-state index is 11.6. The molecule has 0 saturated heterocycles. The van der Waals surface area contributed by atoms with E-state index in [0.717, 1.165) is 5.56 Å². The molecule has 1 aromatic carbocycles. The van der Waals surface area contributed by atoms with Crippen molar-refractivity contribution >= 4 is 6.09 Å². The molecule has 1 rings (SSSR count). The Balaban J connectivity index is 2.62. The number of nitrogens with two attached hydrogens (primary N) is 1. The lowest BCUT2D eigenvalue weighted by Gasteiger charge is -2.23. The molecule has 3 N–H and O–H groups in total. The van der Waals surface area contributed by atoms with Crippen molar-refractivity contribution in [3.05, 3.63) is 35.9 Å². The van der Waals surface area contributed by atoms with Gasteiger partial charge in [0.05, 0.1) is 6.04 Å². The Kier molecular flexibility index (Phi) is 4.52. The summed E-state index contributed by atoms with van der Waals surface area (Å²) >= 11 is 0. The standard InChI is InChI=1S/C13H20N2O2/c1-13(2,3)17-12(16)15-11(9-14)10-7-5-4-6-8-10/h4-8,11H,9,14H2,1-3H3,(H,15,16)/t11-/m1/s1. The van der Waals surface area contributed by atoms with Crippen molar-refractivity contribution in [2.24, 2.45) is 5.73 Å². The molecule has 0 bridgehead atoms. The average Bonchev–Trinajstić information content (AvgIpc) is 2.24. The number of rotatable bonds is 3. The van der Waals surface area contributed by atoms with Crippen molar-refractivity contribution < 1.29 is 9.53 Å². The normalized spacial score (nSPS) is 12.9. The van der Waals surface area contributed by atoms with Crippen molar-refractivity contribution in [3.63, 3.8) is 0 Å². The maximum atomic E-state index is 11.6. The van der Waals surface area contributed by atoms with Crippen LogP contribution in [0.15, 0.2) is 30.3 Å². The number of amides is 1. The van der Waals surface area contributed by atoms with Gasteiger partial charge >= 0.3 is 6.09 Å². The van der Waals surface area contributed by atoms with Crippen LogP contribution in [0.25, 0.3) is 0 Å². The van der Waals surface area contributed by atoms with Gasteiger partial charge in [0.25, 0.3) is 0 Å². The van der Waals surface area contributed by atoms with E-state index < -0.39 is 11.7 Å². The highest BCUT2D eigenvalue weighted by molar-refractivity contribution is 5.68. The monoisotopic (exact) mass is 236 g/mol. The summed E-state index contributed by atoms with van der Waals surface area (Å²) in [7, 11) is 0. The van der Waals surface area contributed by atoms with Crippen LogP contribution in [0.5, 0.6) is 0 Å². The number of alkyl carbamates (subject to hydrolysis) is 1. The molecule has 4 nitrogen and oxygen atoms in total. The third-order valence-electron chi connectivity index (χ3n) is 2.13. The molecular formula is C13H20N2O2. The summed E-state index contributed by atoms with van der Waals surface area (Å²) in [5, 5.41) is 2.75. The first-order chi connectivity index (χ1) is 7.92. The number of ether oxygens (including phenoxy) is 1. The first kappa shape index (κ1) is 13.5. The fraction of sp³-hybridized carbons (Fsp3) is 0.462. The predicted octanol–water partition coefficient (Wildman–Crippen LogP) is 2.21. The van der Waals surface area contributed by atoms with Crippen LogP contribution >= 0.6 is 0 Å². The number of hydrogen-bond acceptors (Lipinski definition) is 3. The van der Waals surface area contributed by atoms with Crippen molar-refractivity contribution in [1.82, 2.24) is 5.32 Å². The van der Waals surface area contributed by atoms with Crippen LogP contribution in [0.3, 0.4) is 0 Å². The molecule has 0 radical (unpaired) electrons. The van der Waals surface area contributed by atoms with E-state index in [0.29, 0.717) is 6.54 Å². The van der Waals surface area contributed by atoms with Gasteiger partial charge in [0.2, 0.25) is 0 Å². The second-order valence-corrected chi connectivity index (χ2v) is 4.85. The third-order valence-corrected chi connectivity index (χ3v) is 2.13. The van der Waals surface area contributed by atoms with E-state index in [4.69, 9.17) is 10.5 Å². The van der Waals surface area contributed by atoms with Gasteiger partial charge in [-0.15, -0.1) is 0 Å². The van der Waals surface area contributed by atoms with E-state index in [2.05, 4.69) is 5.32 Å². The molecule has 17 heavy (non-hydrogen) atoms. The molecule has 4 heteroatoms. The predicted molar refractivity (Wildman–Crippen MR) is 67.6 cm³/mol. The average molecular weight is 236 g/mol. The molecule has 0 aromatic heterocycles. The summed E-state index contributed by atoms with van der Waals surface area (Å²) in [6.07, 6.45) is -0.447. The van der Waals surface area contributed by atoms with Gasteiger partial charge in [-0.25, -0.2) is 4.79 Å². The van der Waals surface area contributed by atoms with Crippen molar-refractivity contribution in [3.8, 4) is 0 Å². The summed E-state index contributed by atoms with van der Waals surface area (Å²) in [6.45, 7) is 5.81. The van der Waals surface area contributed by atoms with E-state index in [1.54, 1.807) is 0 Å².